The van der Waals surface area contributed by atoms with Crippen LogP contribution in [0.4, 0.5) is 65.9 Å². The number of hydrogen-bond acceptors (Lipinski definition) is 19. The van der Waals surface area contributed by atoms with Gasteiger partial charge in [0.25, 0.3) is 0 Å². The van der Waals surface area contributed by atoms with Crippen LogP contribution in [0.15, 0.2) is 41.0 Å². The molecule has 0 aliphatic heterocycles. The highest BCUT2D eigenvalue weighted by Gasteiger charge is 2.45. The lowest BCUT2D eigenvalue weighted by atomic mass is 9.68. The third-order valence-electron chi connectivity index (χ3n) is 11.3. The minimum Gasteiger partial charge on any atom is -0.423 e. The fourth-order valence-electron chi connectivity index (χ4n) is 7.64. The number of aromatic nitrogens is 10. The number of halogens is 23. The van der Waals surface area contributed by atoms with Crippen molar-refractivity contribution in [1.29, 1.82) is 0 Å². The Hall–Kier alpha value is -4.46. The Morgan fingerprint density at radius 3 is 0.976 bits per heavy atom. The number of hydrogen-bond donors (Lipinski definition) is 4. The van der Waals surface area contributed by atoms with E-state index in [4.69, 9.17) is 44.9 Å². The third-order valence-corrected chi connectivity index (χ3v) is 17.2. The van der Waals surface area contributed by atoms with E-state index < -0.39 is 105 Å². The van der Waals surface area contributed by atoms with Crippen molar-refractivity contribution in [2.75, 3.05) is 0 Å². The summed E-state index contributed by atoms with van der Waals surface area (Å²) in [5.41, 5.74) is -7.39. The summed E-state index contributed by atoms with van der Waals surface area (Å²) in [7, 11) is -4.74. The van der Waals surface area contributed by atoms with Crippen LogP contribution in [-0.4, -0.2) is 85.9 Å². The van der Waals surface area contributed by atoms with Crippen LogP contribution in [0.2, 0.25) is 15.1 Å². The summed E-state index contributed by atoms with van der Waals surface area (Å²) >= 11 is 30.6. The van der Waals surface area contributed by atoms with Crippen molar-refractivity contribution >= 4 is 201 Å². The fraction of sp³-hybridized carbons (Fsp3) is 0.250. The first-order chi connectivity index (χ1) is 38.5. The second-order valence-corrected chi connectivity index (χ2v) is 21.8. The number of nitrogens with zero attached hydrogens (tertiary/aromatic N) is 10. The van der Waals surface area contributed by atoms with E-state index in [1.54, 1.807) is 22.6 Å². The van der Waals surface area contributed by atoms with E-state index in [9.17, 15) is 75.9 Å². The Kier molecular flexibility index (Phi) is 20.7. The van der Waals surface area contributed by atoms with Crippen LogP contribution in [0.25, 0.3) is 55.2 Å². The van der Waals surface area contributed by atoms with Gasteiger partial charge in [0.1, 0.15) is 16.6 Å². The minimum atomic E-state index is -4.96. The van der Waals surface area contributed by atoms with Gasteiger partial charge in [-0.1, -0.05) is 45.1 Å². The molecule has 0 bridgehead atoms. The van der Waals surface area contributed by atoms with Gasteiger partial charge in [-0.3, -0.25) is 0 Å². The molecule has 44 heteroatoms. The van der Waals surface area contributed by atoms with Crippen LogP contribution in [-0.2, 0) is 30.9 Å². The molecule has 0 aliphatic rings. The van der Waals surface area contributed by atoms with Gasteiger partial charge in [-0.05, 0) is 190 Å². The normalized spacial score (nSPS) is 12.3. The zero-order valence-electron chi connectivity index (χ0n) is 40.7. The first kappa shape index (κ1) is 68.7. The van der Waals surface area contributed by atoms with Gasteiger partial charge >= 0.3 is 45.1 Å². The lowest BCUT2D eigenvalue weighted by Crippen LogP contribution is -2.43. The smallest absolute Gasteiger partial charge is 0.423 e. The van der Waals surface area contributed by atoms with Crippen molar-refractivity contribution in [2.24, 2.45) is 0 Å². The number of fused-ring (bicyclic) bond motifs is 5. The Balaban J connectivity index is 0.000000169. The Morgan fingerprint density at radius 1 is 0.333 bits per heavy atom. The molecule has 0 amide bonds. The maximum atomic E-state index is 13.1. The molecule has 0 spiro atoms. The van der Waals surface area contributed by atoms with Crippen molar-refractivity contribution in [2.45, 2.75) is 65.5 Å². The standard InChI is InChI=1S/C8H7B2F3N2O5.C8H3Br2F3N2O.C8H3BrClF3N2O.C8H3BrF3IN2O.C8H3Cl2F3N2O/c1-2-3(8(11,12)13)5(10(18)19)7-6(14-20-15-7)4(2)9(16)17;2*1-2-3(8(11,12)13)5(10)7-6(4(2)9)14-16-15-7;1-2-3(8(10,11)12)5(13)7-6(4(2)9)14-16-15-7;1-2-3(8(11,12)13)5(10)7-6(4(2)9)14-16-15-7/h16-19H,1H3;4*1H3. The van der Waals surface area contributed by atoms with Crippen LogP contribution < -0.4 is 10.9 Å². The molecule has 0 saturated heterocycles. The van der Waals surface area contributed by atoms with E-state index >= 15 is 0 Å². The predicted molar refractivity (Wildman–Crippen MR) is 286 cm³/mol. The summed E-state index contributed by atoms with van der Waals surface area (Å²) in [5.74, 6) is 0. The quantitative estimate of drug-likeness (QED) is 0.0711. The Bertz CT molecular complexity index is 3740. The maximum Gasteiger partial charge on any atom is 0.491 e. The van der Waals surface area contributed by atoms with E-state index in [-0.39, 0.29) is 92.9 Å². The summed E-state index contributed by atoms with van der Waals surface area (Å²) in [5, 5.41) is 69.4. The second kappa shape index (κ2) is 25.3. The number of alkyl halides is 15. The Labute approximate surface area is 516 Å². The molecule has 0 fully saturated rings. The summed E-state index contributed by atoms with van der Waals surface area (Å²) in [6.07, 6.45) is -23.0. The van der Waals surface area contributed by atoms with E-state index in [1.807, 2.05) is 0 Å². The van der Waals surface area contributed by atoms with Crippen LogP contribution in [0.5, 0.6) is 0 Å². The molecular weight excluding hydrogens is 1620 g/mol. The molecule has 10 rings (SSSR count). The van der Waals surface area contributed by atoms with E-state index in [1.165, 1.54) is 27.7 Å². The lowest BCUT2D eigenvalue weighted by Gasteiger charge is -2.18. The van der Waals surface area contributed by atoms with Gasteiger partial charge in [-0.2, -0.15) is 65.9 Å². The second-order valence-electron chi connectivity index (χ2n) is 16.4. The van der Waals surface area contributed by atoms with Gasteiger partial charge in [-0.15, -0.1) is 0 Å². The average Bonchev–Trinajstić information content (AvgIpc) is 1.60. The van der Waals surface area contributed by atoms with Gasteiger partial charge in [0, 0.05) is 10.9 Å². The molecular formula is C40H19B2Br4Cl3F15IN10O9. The molecule has 5 heterocycles. The van der Waals surface area contributed by atoms with Crippen molar-refractivity contribution in [3.8, 4) is 0 Å². The highest BCUT2D eigenvalue weighted by molar-refractivity contribution is 14.1. The largest absolute Gasteiger partial charge is 0.491 e. The summed E-state index contributed by atoms with van der Waals surface area (Å²) in [6, 6.07) is 0. The molecule has 450 valence electrons. The van der Waals surface area contributed by atoms with E-state index in [0.717, 1.165) is 6.92 Å². The molecule has 0 radical (unpaired) electrons. The van der Waals surface area contributed by atoms with Gasteiger partial charge in [0.05, 0.1) is 64.3 Å². The van der Waals surface area contributed by atoms with Crippen molar-refractivity contribution in [3.63, 3.8) is 0 Å². The highest BCUT2D eigenvalue weighted by Crippen LogP contribution is 2.47. The molecule has 0 atom stereocenters. The molecule has 0 unspecified atom stereocenters. The van der Waals surface area contributed by atoms with Crippen LogP contribution in [0, 0.1) is 38.2 Å². The third kappa shape index (κ3) is 13.5. The summed E-state index contributed by atoms with van der Waals surface area (Å²) in [6.45, 7) is 6.20. The molecule has 0 aliphatic carbocycles. The monoisotopic (exact) mass is 1640 g/mol. The Morgan fingerprint density at radius 2 is 0.595 bits per heavy atom. The molecule has 5 aromatic heterocycles. The summed E-state index contributed by atoms with van der Waals surface area (Å²) in [4.78, 5) is 0. The van der Waals surface area contributed by atoms with Gasteiger partial charge in [0.2, 0.25) is 0 Å². The lowest BCUT2D eigenvalue weighted by molar-refractivity contribution is -0.139. The molecule has 84 heavy (non-hydrogen) atoms. The minimum absolute atomic E-state index is 0.00190. The number of rotatable bonds is 2. The molecule has 4 N–H and O–H groups in total. The molecule has 5 aromatic carbocycles. The first-order valence-electron chi connectivity index (χ1n) is 21.3. The average molecular weight is 1640 g/mol. The zero-order chi connectivity index (χ0) is 63.6. The molecule has 19 nitrogen and oxygen atoms in total. The van der Waals surface area contributed by atoms with Gasteiger partial charge in [-0.25, -0.2) is 23.1 Å². The first-order valence-corrected chi connectivity index (χ1v) is 26.7. The van der Waals surface area contributed by atoms with Crippen molar-refractivity contribution in [3.05, 3.63) is 92.2 Å². The van der Waals surface area contributed by atoms with Crippen LogP contribution in [0.3, 0.4) is 0 Å². The maximum absolute atomic E-state index is 13.1. The van der Waals surface area contributed by atoms with Gasteiger partial charge in [0.15, 0.2) is 38.6 Å². The summed E-state index contributed by atoms with van der Waals surface area (Å²) < 4.78 is 215. The fourth-order valence-corrected chi connectivity index (χ4v) is 11.8. The predicted octanol–water partition coefficient (Wildman–Crippen LogP) is 13.7. The zero-order valence-corrected chi connectivity index (χ0v) is 51.4. The highest BCUT2D eigenvalue weighted by atomic mass is 127. The topological polar surface area (TPSA) is 276 Å². The van der Waals surface area contributed by atoms with Gasteiger partial charge < -0.3 is 20.1 Å². The molecule has 0 saturated carbocycles. The van der Waals surface area contributed by atoms with Crippen LogP contribution in [0.1, 0.15) is 55.6 Å². The van der Waals surface area contributed by atoms with E-state index in [0.29, 0.717) is 5.52 Å². The van der Waals surface area contributed by atoms with E-state index in [2.05, 4.69) is 138 Å². The van der Waals surface area contributed by atoms with Crippen molar-refractivity contribution < 1.29 is 109 Å². The van der Waals surface area contributed by atoms with Crippen molar-refractivity contribution in [1.82, 2.24) is 51.6 Å². The number of benzene rings is 5. The SMILES string of the molecule is Cc1c(C(F)(F)F)c(B(O)O)c2nonc2c1B(O)O.Cc1c(C(F)(F)F)c(Br)c2nonc2c1Br.Cc1c(C(F)(F)F)c(Cl)c2nonc2c1Br.Cc1c(C(F)(F)F)c(Cl)c2nonc2c1Cl.Cc1c(C(F)(F)F)c(I)c2nonc2c1Br. The van der Waals surface area contributed by atoms with Crippen LogP contribution >= 0.6 is 121 Å². The molecule has 10 aromatic rings.